The largest absolute Gasteiger partial charge is 0.464 e. The molecule has 0 aliphatic heterocycles. The summed E-state index contributed by atoms with van der Waals surface area (Å²) in [6.45, 7) is 2.21. The molecule has 26 heavy (non-hydrogen) atoms. The Morgan fingerprint density at radius 3 is 3.04 bits per heavy atom. The van der Waals surface area contributed by atoms with Gasteiger partial charge in [0.05, 0.1) is 17.9 Å². The Morgan fingerprint density at radius 1 is 1.38 bits per heavy atom. The van der Waals surface area contributed by atoms with Gasteiger partial charge >= 0.3 is 0 Å². The molecule has 1 aliphatic rings. The van der Waals surface area contributed by atoms with Crippen molar-refractivity contribution in [2.75, 3.05) is 0 Å². The lowest BCUT2D eigenvalue weighted by atomic mass is 10.2. The molecular formula is C19H15N3O3S. The molecule has 1 saturated carbocycles. The topological polar surface area (TPSA) is 73.5 Å². The lowest BCUT2D eigenvalue weighted by Gasteiger charge is -1.98. The van der Waals surface area contributed by atoms with E-state index < -0.39 is 0 Å². The molecule has 0 bridgehead atoms. The van der Waals surface area contributed by atoms with Crippen LogP contribution in [0.2, 0.25) is 0 Å². The van der Waals surface area contributed by atoms with Crippen LogP contribution in [0.5, 0.6) is 0 Å². The molecule has 0 saturated heterocycles. The molecule has 2 atom stereocenters. The van der Waals surface area contributed by atoms with Crippen molar-refractivity contribution in [1.82, 2.24) is 9.66 Å². The summed E-state index contributed by atoms with van der Waals surface area (Å²) in [5.74, 6) is 3.45. The Kier molecular flexibility index (Phi) is 3.43. The van der Waals surface area contributed by atoms with E-state index in [2.05, 4.69) is 17.0 Å². The predicted molar refractivity (Wildman–Crippen MR) is 99.8 cm³/mol. The molecule has 0 aromatic carbocycles. The summed E-state index contributed by atoms with van der Waals surface area (Å²) in [5.41, 5.74) is 0.501. The molecule has 0 N–H and O–H groups in total. The highest BCUT2D eigenvalue weighted by Gasteiger charge is 2.36. The van der Waals surface area contributed by atoms with Crippen LogP contribution in [0.15, 0.2) is 61.0 Å². The zero-order valence-corrected chi connectivity index (χ0v) is 14.8. The molecule has 7 heteroatoms. The fourth-order valence-electron chi connectivity index (χ4n) is 3.09. The molecule has 0 unspecified atom stereocenters. The van der Waals surface area contributed by atoms with Crippen molar-refractivity contribution in [1.29, 1.82) is 0 Å². The fraction of sp³-hybridized carbons (Fsp3) is 0.211. The van der Waals surface area contributed by atoms with Gasteiger partial charge in [0, 0.05) is 16.9 Å². The molecule has 0 radical (unpaired) electrons. The van der Waals surface area contributed by atoms with Crippen molar-refractivity contribution in [2.45, 2.75) is 19.3 Å². The number of rotatable bonds is 4. The highest BCUT2D eigenvalue weighted by atomic mass is 32.1. The first kappa shape index (κ1) is 15.3. The number of nitrogens with zero attached hydrogens (tertiary/aromatic N) is 3. The van der Waals surface area contributed by atoms with E-state index >= 15 is 0 Å². The second kappa shape index (κ2) is 5.81. The van der Waals surface area contributed by atoms with Crippen LogP contribution >= 0.6 is 11.3 Å². The van der Waals surface area contributed by atoms with E-state index in [4.69, 9.17) is 8.83 Å². The summed E-state index contributed by atoms with van der Waals surface area (Å²) in [7, 11) is 0. The van der Waals surface area contributed by atoms with Crippen molar-refractivity contribution in [3.8, 4) is 11.3 Å². The summed E-state index contributed by atoms with van der Waals surface area (Å²) in [6.07, 6.45) is 5.72. The number of furan rings is 2. The van der Waals surface area contributed by atoms with Crippen molar-refractivity contribution >= 4 is 27.8 Å². The van der Waals surface area contributed by atoms with Crippen molar-refractivity contribution in [3.63, 3.8) is 0 Å². The minimum absolute atomic E-state index is 0.235. The number of fused-ring (bicyclic) bond motifs is 1. The number of thiophene rings is 1. The zero-order valence-electron chi connectivity index (χ0n) is 14.0. The van der Waals surface area contributed by atoms with E-state index in [-0.39, 0.29) is 5.56 Å². The summed E-state index contributed by atoms with van der Waals surface area (Å²) in [5, 5.41) is 6.62. The van der Waals surface area contributed by atoms with Crippen LogP contribution in [0.25, 0.3) is 21.5 Å². The van der Waals surface area contributed by atoms with Crippen LogP contribution in [-0.2, 0) is 0 Å². The molecule has 0 spiro atoms. The van der Waals surface area contributed by atoms with Gasteiger partial charge in [-0.15, -0.1) is 11.3 Å². The molecule has 4 aromatic rings. The second-order valence-electron chi connectivity index (χ2n) is 6.51. The van der Waals surface area contributed by atoms with Gasteiger partial charge in [-0.05, 0) is 36.6 Å². The van der Waals surface area contributed by atoms with E-state index in [0.29, 0.717) is 33.6 Å². The quantitative estimate of drug-likeness (QED) is 0.505. The first-order chi connectivity index (χ1) is 12.7. The van der Waals surface area contributed by atoms with Gasteiger partial charge in [-0.3, -0.25) is 4.79 Å². The van der Waals surface area contributed by atoms with E-state index in [0.717, 1.165) is 17.7 Å². The average molecular weight is 365 g/mol. The normalized spacial score (nSPS) is 19.6. The molecule has 0 amide bonds. The van der Waals surface area contributed by atoms with E-state index in [1.54, 1.807) is 18.5 Å². The van der Waals surface area contributed by atoms with Gasteiger partial charge in [-0.2, -0.15) is 9.78 Å². The maximum Gasteiger partial charge on any atom is 0.283 e. The van der Waals surface area contributed by atoms with Gasteiger partial charge in [-0.25, -0.2) is 4.98 Å². The van der Waals surface area contributed by atoms with Gasteiger partial charge in [0.1, 0.15) is 28.4 Å². The number of hydrogen-bond donors (Lipinski definition) is 0. The van der Waals surface area contributed by atoms with Crippen LogP contribution in [0.3, 0.4) is 0 Å². The summed E-state index contributed by atoms with van der Waals surface area (Å²) >= 11 is 1.41. The van der Waals surface area contributed by atoms with Gasteiger partial charge in [0.15, 0.2) is 0 Å². The van der Waals surface area contributed by atoms with Crippen molar-refractivity contribution in [3.05, 3.63) is 64.1 Å². The Bertz CT molecular complexity index is 1170. The van der Waals surface area contributed by atoms with Crippen LogP contribution in [0, 0.1) is 5.92 Å². The van der Waals surface area contributed by atoms with Gasteiger partial charge in [0.25, 0.3) is 5.56 Å². The summed E-state index contributed by atoms with van der Waals surface area (Å²) in [4.78, 5) is 17.8. The molecule has 4 heterocycles. The Labute approximate surface area is 152 Å². The van der Waals surface area contributed by atoms with Crippen LogP contribution in [0.4, 0.5) is 0 Å². The van der Waals surface area contributed by atoms with E-state index in [9.17, 15) is 4.79 Å². The monoisotopic (exact) mass is 365 g/mol. The minimum atomic E-state index is -0.235. The highest BCUT2D eigenvalue weighted by molar-refractivity contribution is 7.17. The Hall–Kier alpha value is -2.93. The van der Waals surface area contributed by atoms with E-state index in [1.807, 2.05) is 23.6 Å². The fourth-order valence-corrected chi connectivity index (χ4v) is 3.98. The molecule has 5 rings (SSSR count). The average Bonchev–Trinajstić information content (AvgIpc) is 3.14. The first-order valence-electron chi connectivity index (χ1n) is 8.37. The molecule has 1 fully saturated rings. The third kappa shape index (κ3) is 2.52. The van der Waals surface area contributed by atoms with Gasteiger partial charge < -0.3 is 8.83 Å². The predicted octanol–water partition coefficient (Wildman–Crippen LogP) is 4.32. The first-order valence-corrected chi connectivity index (χ1v) is 9.25. The Morgan fingerprint density at radius 2 is 2.27 bits per heavy atom. The molecule has 1 aliphatic carbocycles. The number of aromatic nitrogens is 2. The van der Waals surface area contributed by atoms with Crippen molar-refractivity contribution < 1.29 is 8.83 Å². The van der Waals surface area contributed by atoms with Crippen molar-refractivity contribution in [2.24, 2.45) is 11.0 Å². The summed E-state index contributed by atoms with van der Waals surface area (Å²) < 4.78 is 12.4. The third-order valence-electron chi connectivity index (χ3n) is 4.70. The van der Waals surface area contributed by atoms with Crippen LogP contribution < -0.4 is 5.56 Å². The van der Waals surface area contributed by atoms with Crippen LogP contribution in [-0.4, -0.2) is 15.9 Å². The third-order valence-corrected chi connectivity index (χ3v) is 5.58. The van der Waals surface area contributed by atoms with E-state index in [1.165, 1.54) is 22.3 Å². The molecule has 130 valence electrons. The summed E-state index contributed by atoms with van der Waals surface area (Å²) in [6, 6.07) is 7.47. The van der Waals surface area contributed by atoms with Gasteiger partial charge in [-0.1, -0.05) is 6.92 Å². The van der Waals surface area contributed by atoms with Crippen LogP contribution in [0.1, 0.15) is 30.8 Å². The lowest BCUT2D eigenvalue weighted by Crippen LogP contribution is -2.16. The second-order valence-corrected chi connectivity index (χ2v) is 7.36. The highest BCUT2D eigenvalue weighted by Crippen LogP contribution is 2.47. The molecular weight excluding hydrogens is 350 g/mol. The maximum absolute atomic E-state index is 12.8. The molecule has 6 nitrogen and oxygen atoms in total. The lowest BCUT2D eigenvalue weighted by molar-refractivity contribution is 0.500. The number of hydrogen-bond acceptors (Lipinski definition) is 6. The van der Waals surface area contributed by atoms with Gasteiger partial charge in [0.2, 0.25) is 0 Å². The zero-order chi connectivity index (χ0) is 17.7. The minimum Gasteiger partial charge on any atom is -0.464 e. The standard InChI is InChI=1S/C19H15N3O3S/c1-11-7-13(11)16-5-4-12(25-16)8-21-22-10-20-18-17(19(22)23)14(9-26-18)15-3-2-6-24-15/h2-6,8-11,13H,7H2,1H3/b21-8-/t11-,13-/m0/s1. The molecule has 4 aromatic heterocycles. The Balaban J connectivity index is 1.51. The smallest absolute Gasteiger partial charge is 0.283 e. The SMILES string of the molecule is C[C@H]1C[C@@H]1c1ccc(/C=N\n2cnc3scc(-c4ccco4)c3c2=O)o1. The maximum atomic E-state index is 12.8.